The summed E-state index contributed by atoms with van der Waals surface area (Å²) in [6.45, 7) is 0. The van der Waals surface area contributed by atoms with Crippen molar-refractivity contribution in [2.45, 2.75) is 12.8 Å². The Morgan fingerprint density at radius 3 is 2.60 bits per heavy atom. The Morgan fingerprint density at radius 2 is 1.95 bits per heavy atom. The minimum absolute atomic E-state index is 0.142. The van der Waals surface area contributed by atoms with E-state index >= 15 is 0 Å². The fraction of sp³-hybridized carbons (Fsp3) is 0.231. The van der Waals surface area contributed by atoms with E-state index < -0.39 is 15.9 Å². The van der Waals surface area contributed by atoms with E-state index in [9.17, 15) is 13.2 Å². The van der Waals surface area contributed by atoms with Gasteiger partial charge in [-0.05, 0) is 12.0 Å². The Kier molecular flexibility index (Phi) is 4.51. The molecule has 0 unspecified atom stereocenters. The van der Waals surface area contributed by atoms with E-state index in [0.29, 0.717) is 0 Å². The average Bonchev–Trinajstić information content (AvgIpc) is 2.84. The van der Waals surface area contributed by atoms with Crippen LogP contribution in [0, 0.1) is 0 Å². The van der Waals surface area contributed by atoms with Gasteiger partial charge in [-0.1, -0.05) is 30.3 Å². The lowest BCUT2D eigenvalue weighted by atomic mass is 10.1. The lowest BCUT2D eigenvalue weighted by Gasteiger charge is -1.99. The molecule has 0 atom stereocenters. The zero-order valence-electron chi connectivity index (χ0n) is 10.9. The number of nitrogens with one attached hydrogen (secondary N) is 1. The molecule has 2 rings (SSSR count). The molecule has 1 amide bonds. The van der Waals surface area contributed by atoms with Gasteiger partial charge in [0.15, 0.2) is 0 Å². The molecule has 7 heteroatoms. The maximum atomic E-state index is 11.6. The summed E-state index contributed by atoms with van der Waals surface area (Å²) in [4.78, 5) is 15.8. The quantitative estimate of drug-likeness (QED) is 0.910. The summed E-state index contributed by atoms with van der Waals surface area (Å²) < 4.78 is 23.9. The number of amides is 1. The second kappa shape index (κ2) is 6.15. The lowest BCUT2D eigenvalue weighted by Crippen LogP contribution is -2.29. The van der Waals surface area contributed by atoms with Crippen molar-refractivity contribution in [2.24, 2.45) is 0 Å². The fourth-order valence-electron chi connectivity index (χ4n) is 1.65. The summed E-state index contributed by atoms with van der Waals surface area (Å²) in [5.41, 5.74) is 1.34. The van der Waals surface area contributed by atoms with Crippen LogP contribution in [0.3, 0.4) is 0 Å². The first-order chi connectivity index (χ1) is 9.44. The minimum Gasteiger partial charge on any atom is -0.266 e. The Hall–Kier alpha value is -1.73. The molecule has 20 heavy (non-hydrogen) atoms. The number of nitrogens with zero attached hydrogens (tertiary/aromatic N) is 1. The van der Waals surface area contributed by atoms with Gasteiger partial charge < -0.3 is 0 Å². The Morgan fingerprint density at radius 1 is 1.25 bits per heavy atom. The zero-order chi connectivity index (χ0) is 14.6. The van der Waals surface area contributed by atoms with Crippen LogP contribution in [0.15, 0.2) is 35.7 Å². The molecule has 0 aliphatic rings. The van der Waals surface area contributed by atoms with Crippen molar-refractivity contribution >= 4 is 27.3 Å². The first kappa shape index (κ1) is 14.7. The van der Waals surface area contributed by atoms with Gasteiger partial charge in [-0.3, -0.25) is 4.79 Å². The monoisotopic (exact) mass is 310 g/mol. The Balaban J connectivity index is 1.97. The van der Waals surface area contributed by atoms with Crippen LogP contribution >= 0.6 is 11.3 Å². The largest absolute Gasteiger partial charge is 0.284 e. The van der Waals surface area contributed by atoms with E-state index in [-0.39, 0.29) is 5.69 Å². The highest BCUT2D eigenvalue weighted by Gasteiger charge is 2.14. The number of benzene rings is 1. The number of carbonyl (C=O) groups excluding carboxylic acids is 1. The summed E-state index contributed by atoms with van der Waals surface area (Å²) in [5, 5.41) is 2.38. The highest BCUT2D eigenvalue weighted by molar-refractivity contribution is 7.89. The minimum atomic E-state index is -3.55. The van der Waals surface area contributed by atoms with E-state index in [1.807, 2.05) is 35.1 Å². The van der Waals surface area contributed by atoms with Crippen LogP contribution in [0.2, 0.25) is 0 Å². The predicted molar refractivity (Wildman–Crippen MR) is 78.3 cm³/mol. The summed E-state index contributed by atoms with van der Waals surface area (Å²) >= 11 is 1.36. The summed E-state index contributed by atoms with van der Waals surface area (Å²) in [7, 11) is -3.55. The molecule has 2 aromatic rings. The van der Waals surface area contributed by atoms with Crippen LogP contribution in [0.1, 0.15) is 21.1 Å². The van der Waals surface area contributed by atoms with E-state index in [1.54, 1.807) is 5.38 Å². The maximum Gasteiger partial charge on any atom is 0.284 e. The normalized spacial score (nSPS) is 11.2. The third-order valence-corrected chi connectivity index (χ3v) is 4.00. The van der Waals surface area contributed by atoms with Crippen molar-refractivity contribution in [3.8, 4) is 0 Å². The topological polar surface area (TPSA) is 76.1 Å². The van der Waals surface area contributed by atoms with Gasteiger partial charge in [0.05, 0.1) is 11.3 Å². The first-order valence-electron chi connectivity index (χ1n) is 5.94. The zero-order valence-corrected chi connectivity index (χ0v) is 12.5. The van der Waals surface area contributed by atoms with Crippen LogP contribution in [0.5, 0.6) is 0 Å². The van der Waals surface area contributed by atoms with Crippen molar-refractivity contribution in [1.29, 1.82) is 0 Å². The number of hydrogen-bond acceptors (Lipinski definition) is 5. The molecule has 1 aromatic carbocycles. The van der Waals surface area contributed by atoms with Crippen molar-refractivity contribution in [1.82, 2.24) is 9.71 Å². The van der Waals surface area contributed by atoms with Gasteiger partial charge in [-0.15, -0.1) is 11.3 Å². The lowest BCUT2D eigenvalue weighted by molar-refractivity contribution is 0.0977. The predicted octanol–water partition coefficient (Wildman–Crippen LogP) is 1.62. The number of carbonyl (C=O) groups is 1. The number of rotatable bonds is 5. The van der Waals surface area contributed by atoms with Crippen LogP contribution in [0.4, 0.5) is 0 Å². The number of thiazole rings is 1. The maximum absolute atomic E-state index is 11.6. The van der Waals surface area contributed by atoms with Crippen LogP contribution in [0.25, 0.3) is 0 Å². The summed E-state index contributed by atoms with van der Waals surface area (Å²) in [6.07, 6.45) is 2.50. The van der Waals surface area contributed by atoms with Gasteiger partial charge in [-0.25, -0.2) is 18.1 Å². The number of aryl methyl sites for hydroxylation is 2. The average molecular weight is 310 g/mol. The second-order valence-corrected chi connectivity index (χ2v) is 7.01. The van der Waals surface area contributed by atoms with Gasteiger partial charge >= 0.3 is 0 Å². The highest BCUT2D eigenvalue weighted by atomic mass is 32.2. The van der Waals surface area contributed by atoms with Crippen LogP contribution < -0.4 is 4.72 Å². The molecular formula is C13H14N2O3S2. The van der Waals surface area contributed by atoms with Gasteiger partial charge in [0.25, 0.3) is 5.91 Å². The third-order valence-electron chi connectivity index (χ3n) is 2.53. The Bertz CT molecular complexity index is 693. The number of hydrogen-bond donors (Lipinski definition) is 1. The molecule has 0 spiro atoms. The molecule has 106 valence electrons. The molecule has 0 saturated carbocycles. The van der Waals surface area contributed by atoms with Gasteiger partial charge in [0.1, 0.15) is 5.69 Å². The molecule has 1 aromatic heterocycles. The molecule has 5 nitrogen and oxygen atoms in total. The standard InChI is InChI=1S/C13H14N2O3S2/c1-20(17,18)15-13(16)11-9-19-12(14-11)8-7-10-5-3-2-4-6-10/h2-6,9H,7-8H2,1H3,(H,15,16). The molecule has 0 aliphatic heterocycles. The molecule has 0 radical (unpaired) electrons. The molecule has 1 N–H and O–H groups in total. The second-order valence-electron chi connectivity index (χ2n) is 4.32. The fourth-order valence-corrected chi connectivity index (χ4v) is 2.87. The van der Waals surface area contributed by atoms with Crippen LogP contribution in [-0.2, 0) is 22.9 Å². The van der Waals surface area contributed by atoms with Gasteiger partial charge in [-0.2, -0.15) is 0 Å². The molecular weight excluding hydrogens is 296 g/mol. The van der Waals surface area contributed by atoms with Crippen molar-refractivity contribution in [3.63, 3.8) is 0 Å². The molecule has 1 heterocycles. The smallest absolute Gasteiger partial charge is 0.266 e. The Labute approximate surface area is 121 Å². The molecule has 0 bridgehead atoms. The molecule has 0 fully saturated rings. The van der Waals surface area contributed by atoms with Gasteiger partial charge in [0.2, 0.25) is 10.0 Å². The highest BCUT2D eigenvalue weighted by Crippen LogP contribution is 2.13. The van der Waals surface area contributed by atoms with E-state index in [0.717, 1.165) is 24.1 Å². The molecule has 0 saturated heterocycles. The van der Waals surface area contributed by atoms with Crippen molar-refractivity contribution in [3.05, 3.63) is 52.0 Å². The van der Waals surface area contributed by atoms with E-state index in [1.165, 1.54) is 16.9 Å². The van der Waals surface area contributed by atoms with Crippen molar-refractivity contribution < 1.29 is 13.2 Å². The SMILES string of the molecule is CS(=O)(=O)NC(=O)c1csc(CCc2ccccc2)n1. The van der Waals surface area contributed by atoms with Crippen molar-refractivity contribution in [2.75, 3.05) is 6.26 Å². The first-order valence-corrected chi connectivity index (χ1v) is 8.71. The van der Waals surface area contributed by atoms with E-state index in [2.05, 4.69) is 4.98 Å². The number of sulfonamides is 1. The van der Waals surface area contributed by atoms with E-state index in [4.69, 9.17) is 0 Å². The third kappa shape index (κ3) is 4.43. The number of aromatic nitrogens is 1. The molecule has 0 aliphatic carbocycles. The van der Waals surface area contributed by atoms with Gasteiger partial charge in [0, 0.05) is 11.8 Å². The summed E-state index contributed by atoms with van der Waals surface area (Å²) in [5.74, 6) is -0.685. The van der Waals surface area contributed by atoms with Crippen LogP contribution in [-0.4, -0.2) is 25.6 Å². The summed E-state index contributed by atoms with van der Waals surface area (Å²) in [6, 6.07) is 9.97.